The zero-order valence-corrected chi connectivity index (χ0v) is 11.8. The van der Waals surface area contributed by atoms with Crippen LogP contribution in [0.3, 0.4) is 0 Å². The van der Waals surface area contributed by atoms with E-state index in [1.807, 2.05) is 36.4 Å². The average Bonchev–Trinajstić information content (AvgIpc) is 3.05. The number of hydrogen-bond acceptors (Lipinski definition) is 2. The maximum absolute atomic E-state index is 12.4. The van der Waals surface area contributed by atoms with Crippen molar-refractivity contribution >= 4 is 17.0 Å². The Labute approximate surface area is 124 Å². The second-order valence-electron chi connectivity index (χ2n) is 5.81. The van der Waals surface area contributed by atoms with Gasteiger partial charge in [0.2, 0.25) is 0 Å². The van der Waals surface area contributed by atoms with Crippen molar-refractivity contribution in [2.45, 2.75) is 6.42 Å². The summed E-state index contributed by atoms with van der Waals surface area (Å²) in [6.07, 6.45) is 0.670. The number of benzene rings is 2. The molecule has 2 aromatic rings. The maximum atomic E-state index is 12.4. The molecule has 0 N–H and O–H groups in total. The lowest BCUT2D eigenvalue weighted by molar-refractivity contribution is -0.113. The summed E-state index contributed by atoms with van der Waals surface area (Å²) in [5, 5.41) is 0. The van der Waals surface area contributed by atoms with Crippen LogP contribution >= 0.6 is 0 Å². The Balaban J connectivity index is 1.72. The van der Waals surface area contributed by atoms with Gasteiger partial charge in [-0.2, -0.15) is 0 Å². The van der Waals surface area contributed by atoms with Crippen LogP contribution in [0, 0.1) is 5.92 Å². The molecule has 104 valence electrons. The third kappa shape index (κ3) is 2.07. The molecule has 2 aromatic carbocycles. The van der Waals surface area contributed by atoms with Gasteiger partial charge in [0.25, 0.3) is 0 Å². The third-order valence-electron chi connectivity index (χ3n) is 4.51. The number of carbonyl (C=O) groups excluding carboxylic acids is 1. The van der Waals surface area contributed by atoms with E-state index in [4.69, 9.17) is 0 Å². The first kappa shape index (κ1) is 12.4. The van der Waals surface area contributed by atoms with Crippen molar-refractivity contribution in [2.75, 3.05) is 18.0 Å². The Morgan fingerprint density at radius 3 is 2.29 bits per heavy atom. The number of allylic oxidation sites excluding steroid dienone is 1. The van der Waals surface area contributed by atoms with Crippen LogP contribution in [-0.2, 0) is 4.79 Å². The van der Waals surface area contributed by atoms with Crippen molar-refractivity contribution in [3.8, 4) is 0 Å². The van der Waals surface area contributed by atoms with E-state index in [9.17, 15) is 4.79 Å². The number of carbonyl (C=O) groups is 1. The smallest absolute Gasteiger partial charge is 0.164 e. The molecular weight excluding hydrogens is 258 g/mol. The van der Waals surface area contributed by atoms with Crippen LogP contribution in [0.15, 0.2) is 66.2 Å². The molecule has 2 heteroatoms. The van der Waals surface area contributed by atoms with Crippen molar-refractivity contribution in [3.63, 3.8) is 0 Å². The standard InChI is InChI=1S/C19H17NO/c21-18-11-15-12-20(16-9-5-2-6-10-16)13-17(15)19(18)14-7-3-1-4-8-14/h1-10,15H,11-13H2. The molecule has 1 saturated heterocycles. The van der Waals surface area contributed by atoms with Crippen LogP contribution in [0.1, 0.15) is 12.0 Å². The van der Waals surface area contributed by atoms with Crippen LogP contribution in [0.2, 0.25) is 0 Å². The number of Topliss-reactive ketones (excluding diaryl/α,β-unsaturated/α-hetero) is 1. The van der Waals surface area contributed by atoms with E-state index in [0.29, 0.717) is 18.1 Å². The number of nitrogens with zero attached hydrogens (tertiary/aromatic N) is 1. The summed E-state index contributed by atoms with van der Waals surface area (Å²) in [4.78, 5) is 14.7. The molecule has 0 aromatic heterocycles. The highest BCUT2D eigenvalue weighted by atomic mass is 16.1. The highest BCUT2D eigenvalue weighted by molar-refractivity contribution is 6.24. The lowest BCUT2D eigenvalue weighted by Gasteiger charge is -2.18. The Morgan fingerprint density at radius 2 is 1.57 bits per heavy atom. The predicted molar refractivity (Wildman–Crippen MR) is 85.1 cm³/mol. The molecule has 0 radical (unpaired) electrons. The van der Waals surface area contributed by atoms with Crippen LogP contribution < -0.4 is 4.90 Å². The topological polar surface area (TPSA) is 20.3 Å². The molecule has 2 nitrogen and oxygen atoms in total. The summed E-state index contributed by atoms with van der Waals surface area (Å²) in [5.41, 5.74) is 4.63. The summed E-state index contributed by atoms with van der Waals surface area (Å²) >= 11 is 0. The Bertz CT molecular complexity index is 703. The minimum Gasteiger partial charge on any atom is -0.367 e. The molecule has 21 heavy (non-hydrogen) atoms. The maximum Gasteiger partial charge on any atom is 0.164 e. The van der Waals surface area contributed by atoms with Crippen molar-refractivity contribution in [3.05, 3.63) is 71.8 Å². The van der Waals surface area contributed by atoms with E-state index in [0.717, 1.165) is 24.2 Å². The highest BCUT2D eigenvalue weighted by Crippen LogP contribution is 2.41. The SMILES string of the molecule is O=C1CC2CN(c3ccccc3)CC2=C1c1ccccc1. The van der Waals surface area contributed by atoms with Gasteiger partial charge >= 0.3 is 0 Å². The van der Waals surface area contributed by atoms with Crippen molar-refractivity contribution in [1.29, 1.82) is 0 Å². The zero-order chi connectivity index (χ0) is 14.2. The average molecular weight is 275 g/mol. The largest absolute Gasteiger partial charge is 0.367 e. The molecule has 0 saturated carbocycles. The van der Waals surface area contributed by atoms with Gasteiger partial charge in [0.1, 0.15) is 0 Å². The highest BCUT2D eigenvalue weighted by Gasteiger charge is 2.39. The molecule has 1 atom stereocenters. The lowest BCUT2D eigenvalue weighted by Crippen LogP contribution is -2.20. The second-order valence-corrected chi connectivity index (χ2v) is 5.81. The molecule has 0 spiro atoms. The van der Waals surface area contributed by atoms with Crippen LogP contribution in [0.25, 0.3) is 5.57 Å². The first-order valence-corrected chi connectivity index (χ1v) is 7.44. The van der Waals surface area contributed by atoms with Crippen molar-refractivity contribution in [2.24, 2.45) is 5.92 Å². The fraction of sp³-hybridized carbons (Fsp3) is 0.211. The normalized spacial score (nSPS) is 21.0. The summed E-state index contributed by atoms with van der Waals surface area (Å²) in [6.45, 7) is 1.84. The Morgan fingerprint density at radius 1 is 0.905 bits per heavy atom. The van der Waals surface area contributed by atoms with Gasteiger partial charge in [-0.3, -0.25) is 4.79 Å². The Kier molecular flexibility index (Phi) is 2.88. The molecule has 1 aliphatic carbocycles. The molecule has 0 bridgehead atoms. The molecule has 1 aliphatic heterocycles. The van der Waals surface area contributed by atoms with Gasteiger partial charge in [-0.05, 0) is 23.3 Å². The fourth-order valence-corrected chi connectivity index (χ4v) is 3.54. The van der Waals surface area contributed by atoms with Gasteiger partial charge in [-0.1, -0.05) is 48.5 Å². The van der Waals surface area contributed by atoms with E-state index >= 15 is 0 Å². The predicted octanol–water partition coefficient (Wildman–Crippen LogP) is 3.55. The molecular formula is C19H17NO. The molecule has 1 unspecified atom stereocenters. The van der Waals surface area contributed by atoms with E-state index in [-0.39, 0.29) is 0 Å². The van der Waals surface area contributed by atoms with Gasteiger partial charge in [-0.25, -0.2) is 0 Å². The summed E-state index contributed by atoms with van der Waals surface area (Å²) in [6, 6.07) is 20.6. The molecule has 0 amide bonds. The summed E-state index contributed by atoms with van der Waals surface area (Å²) in [5.74, 6) is 0.710. The number of hydrogen-bond donors (Lipinski definition) is 0. The number of para-hydroxylation sites is 1. The number of fused-ring (bicyclic) bond motifs is 1. The van der Waals surface area contributed by atoms with E-state index in [2.05, 4.69) is 29.2 Å². The first-order valence-electron chi connectivity index (χ1n) is 7.44. The monoisotopic (exact) mass is 275 g/mol. The summed E-state index contributed by atoms with van der Waals surface area (Å²) < 4.78 is 0. The van der Waals surface area contributed by atoms with Gasteiger partial charge in [0, 0.05) is 36.7 Å². The molecule has 1 heterocycles. The molecule has 4 rings (SSSR count). The van der Waals surface area contributed by atoms with Crippen LogP contribution in [0.5, 0.6) is 0 Å². The number of ketones is 1. The van der Waals surface area contributed by atoms with Crippen LogP contribution in [0.4, 0.5) is 5.69 Å². The summed E-state index contributed by atoms with van der Waals surface area (Å²) in [7, 11) is 0. The van der Waals surface area contributed by atoms with Crippen LogP contribution in [-0.4, -0.2) is 18.9 Å². The number of rotatable bonds is 2. The Hall–Kier alpha value is -2.35. The molecule has 1 fully saturated rings. The minimum atomic E-state index is 0.314. The lowest BCUT2D eigenvalue weighted by atomic mass is 10.0. The van der Waals surface area contributed by atoms with Gasteiger partial charge in [0.15, 0.2) is 5.78 Å². The zero-order valence-electron chi connectivity index (χ0n) is 11.8. The third-order valence-corrected chi connectivity index (χ3v) is 4.51. The van der Waals surface area contributed by atoms with E-state index in [1.165, 1.54) is 11.3 Å². The van der Waals surface area contributed by atoms with Crippen molar-refractivity contribution in [1.82, 2.24) is 0 Å². The van der Waals surface area contributed by atoms with Gasteiger partial charge in [0.05, 0.1) is 0 Å². The van der Waals surface area contributed by atoms with E-state index < -0.39 is 0 Å². The van der Waals surface area contributed by atoms with Gasteiger partial charge in [-0.15, -0.1) is 0 Å². The number of anilines is 1. The van der Waals surface area contributed by atoms with Gasteiger partial charge < -0.3 is 4.90 Å². The molecule has 2 aliphatic rings. The van der Waals surface area contributed by atoms with E-state index in [1.54, 1.807) is 0 Å². The quantitative estimate of drug-likeness (QED) is 0.835. The fourth-order valence-electron chi connectivity index (χ4n) is 3.54. The van der Waals surface area contributed by atoms with Crippen molar-refractivity contribution < 1.29 is 4.79 Å². The minimum absolute atomic E-state index is 0.314. The second kappa shape index (κ2) is 4.88. The first-order chi connectivity index (χ1) is 10.3.